The van der Waals surface area contributed by atoms with E-state index in [0.717, 1.165) is 5.69 Å². The summed E-state index contributed by atoms with van der Waals surface area (Å²) >= 11 is 0. The van der Waals surface area contributed by atoms with Crippen molar-refractivity contribution < 1.29 is 4.39 Å². The molecule has 0 aliphatic carbocycles. The SMILES string of the molecule is Nc1c(F)cccc1Nc1ccncc1. The molecule has 2 aromatic rings. The third-order valence-corrected chi connectivity index (χ3v) is 2.01. The molecule has 0 aliphatic heterocycles. The highest BCUT2D eigenvalue weighted by Gasteiger charge is 2.03. The number of halogens is 1. The molecule has 0 fully saturated rings. The van der Waals surface area contributed by atoms with Gasteiger partial charge >= 0.3 is 0 Å². The zero-order valence-electron chi connectivity index (χ0n) is 7.94. The Hall–Kier alpha value is -2.10. The van der Waals surface area contributed by atoms with Crippen LogP contribution in [-0.2, 0) is 0 Å². The number of rotatable bonds is 2. The predicted molar refractivity (Wildman–Crippen MR) is 58.3 cm³/mol. The van der Waals surface area contributed by atoms with Gasteiger partial charge < -0.3 is 11.1 Å². The van der Waals surface area contributed by atoms with Crippen LogP contribution in [0.4, 0.5) is 21.5 Å². The summed E-state index contributed by atoms with van der Waals surface area (Å²) in [6.07, 6.45) is 3.30. The maximum Gasteiger partial charge on any atom is 0.148 e. The number of benzene rings is 1. The van der Waals surface area contributed by atoms with Gasteiger partial charge in [-0.3, -0.25) is 4.98 Å². The number of nitrogens with one attached hydrogen (secondary N) is 1. The van der Waals surface area contributed by atoms with Gasteiger partial charge in [0, 0.05) is 18.1 Å². The van der Waals surface area contributed by atoms with Crippen molar-refractivity contribution >= 4 is 17.1 Å². The number of anilines is 3. The summed E-state index contributed by atoms with van der Waals surface area (Å²) in [5.41, 5.74) is 7.08. The van der Waals surface area contributed by atoms with Crippen molar-refractivity contribution in [1.29, 1.82) is 0 Å². The van der Waals surface area contributed by atoms with Gasteiger partial charge in [-0.1, -0.05) is 6.07 Å². The Morgan fingerprint density at radius 1 is 1.13 bits per heavy atom. The lowest BCUT2D eigenvalue weighted by molar-refractivity contribution is 0.633. The zero-order valence-corrected chi connectivity index (χ0v) is 7.94. The minimum Gasteiger partial charge on any atom is -0.395 e. The van der Waals surface area contributed by atoms with E-state index >= 15 is 0 Å². The molecular formula is C11H10FN3. The molecule has 15 heavy (non-hydrogen) atoms. The summed E-state index contributed by atoms with van der Waals surface area (Å²) in [4.78, 5) is 3.88. The summed E-state index contributed by atoms with van der Waals surface area (Å²) in [5.74, 6) is -0.422. The number of hydrogen-bond donors (Lipinski definition) is 2. The van der Waals surface area contributed by atoms with Crippen LogP contribution >= 0.6 is 0 Å². The topological polar surface area (TPSA) is 50.9 Å². The van der Waals surface area contributed by atoms with Crippen LogP contribution in [0.3, 0.4) is 0 Å². The molecule has 0 radical (unpaired) electrons. The van der Waals surface area contributed by atoms with Crippen LogP contribution in [0.5, 0.6) is 0 Å². The van der Waals surface area contributed by atoms with Crippen molar-refractivity contribution in [3.63, 3.8) is 0 Å². The predicted octanol–water partition coefficient (Wildman–Crippen LogP) is 2.55. The Balaban J connectivity index is 2.29. The van der Waals surface area contributed by atoms with Gasteiger partial charge in [-0.05, 0) is 24.3 Å². The lowest BCUT2D eigenvalue weighted by Crippen LogP contribution is -1.98. The molecule has 1 aromatic carbocycles. The first kappa shape index (κ1) is 9.45. The molecule has 4 heteroatoms. The largest absolute Gasteiger partial charge is 0.395 e. The van der Waals surface area contributed by atoms with E-state index in [1.807, 2.05) is 0 Å². The second kappa shape index (κ2) is 3.96. The Kier molecular flexibility index (Phi) is 2.49. The maximum atomic E-state index is 13.1. The lowest BCUT2D eigenvalue weighted by atomic mass is 10.2. The third kappa shape index (κ3) is 2.04. The molecule has 0 amide bonds. The van der Waals surface area contributed by atoms with Crippen LogP contribution in [0.25, 0.3) is 0 Å². The number of nitrogens with two attached hydrogens (primary N) is 1. The molecule has 3 N–H and O–H groups in total. The monoisotopic (exact) mass is 203 g/mol. The number of aromatic nitrogens is 1. The number of pyridine rings is 1. The van der Waals surface area contributed by atoms with Crippen molar-refractivity contribution in [3.05, 3.63) is 48.5 Å². The minimum atomic E-state index is -0.422. The normalized spacial score (nSPS) is 9.93. The van der Waals surface area contributed by atoms with Gasteiger partial charge in [0.2, 0.25) is 0 Å². The first-order chi connectivity index (χ1) is 7.27. The minimum absolute atomic E-state index is 0.120. The molecule has 0 unspecified atom stereocenters. The number of para-hydroxylation sites is 1. The molecule has 0 aliphatic rings. The van der Waals surface area contributed by atoms with Crippen LogP contribution < -0.4 is 11.1 Å². The van der Waals surface area contributed by atoms with Gasteiger partial charge in [-0.2, -0.15) is 0 Å². The molecule has 3 nitrogen and oxygen atoms in total. The molecule has 0 saturated carbocycles. The van der Waals surface area contributed by atoms with E-state index in [0.29, 0.717) is 5.69 Å². The van der Waals surface area contributed by atoms with E-state index in [2.05, 4.69) is 10.3 Å². The van der Waals surface area contributed by atoms with Gasteiger partial charge in [0.15, 0.2) is 0 Å². The van der Waals surface area contributed by atoms with Crippen molar-refractivity contribution in [3.8, 4) is 0 Å². The smallest absolute Gasteiger partial charge is 0.148 e. The Labute approximate surface area is 86.8 Å². The Morgan fingerprint density at radius 2 is 1.87 bits per heavy atom. The van der Waals surface area contributed by atoms with Gasteiger partial charge in [-0.15, -0.1) is 0 Å². The van der Waals surface area contributed by atoms with Crippen LogP contribution in [0, 0.1) is 5.82 Å². The maximum absolute atomic E-state index is 13.1. The van der Waals surface area contributed by atoms with E-state index in [1.165, 1.54) is 6.07 Å². The van der Waals surface area contributed by atoms with Gasteiger partial charge in [0.05, 0.1) is 11.4 Å². The Bertz CT molecular complexity index is 457. The van der Waals surface area contributed by atoms with Gasteiger partial charge in [-0.25, -0.2) is 4.39 Å². The average Bonchev–Trinajstić information content (AvgIpc) is 2.26. The second-order valence-corrected chi connectivity index (χ2v) is 3.06. The molecule has 1 heterocycles. The summed E-state index contributed by atoms with van der Waals surface area (Å²) < 4.78 is 13.1. The fraction of sp³-hybridized carbons (Fsp3) is 0. The standard InChI is InChI=1S/C11H10FN3/c12-9-2-1-3-10(11(9)13)15-8-4-6-14-7-5-8/h1-7H,13H2,(H,14,15). The summed E-state index contributed by atoms with van der Waals surface area (Å²) in [6, 6.07) is 8.22. The fourth-order valence-corrected chi connectivity index (χ4v) is 1.24. The molecular weight excluding hydrogens is 193 g/mol. The molecule has 1 aromatic heterocycles. The first-order valence-corrected chi connectivity index (χ1v) is 4.48. The molecule has 0 bridgehead atoms. The van der Waals surface area contributed by atoms with Crippen LogP contribution in [0.2, 0.25) is 0 Å². The molecule has 0 atom stereocenters. The fourth-order valence-electron chi connectivity index (χ4n) is 1.24. The molecule has 0 saturated heterocycles. The third-order valence-electron chi connectivity index (χ3n) is 2.01. The van der Waals surface area contributed by atoms with Crippen molar-refractivity contribution in [2.75, 3.05) is 11.1 Å². The van der Waals surface area contributed by atoms with Crippen molar-refractivity contribution in [2.24, 2.45) is 0 Å². The van der Waals surface area contributed by atoms with Crippen LogP contribution in [0.15, 0.2) is 42.7 Å². The van der Waals surface area contributed by atoms with Crippen LogP contribution in [-0.4, -0.2) is 4.98 Å². The van der Waals surface area contributed by atoms with Crippen molar-refractivity contribution in [1.82, 2.24) is 4.98 Å². The van der Waals surface area contributed by atoms with Crippen molar-refractivity contribution in [2.45, 2.75) is 0 Å². The average molecular weight is 203 g/mol. The van der Waals surface area contributed by atoms with E-state index in [-0.39, 0.29) is 5.69 Å². The highest BCUT2D eigenvalue weighted by atomic mass is 19.1. The highest BCUT2D eigenvalue weighted by Crippen LogP contribution is 2.24. The van der Waals surface area contributed by atoms with Gasteiger partial charge in [0.1, 0.15) is 5.82 Å². The number of nitrogens with zero attached hydrogens (tertiary/aromatic N) is 1. The van der Waals surface area contributed by atoms with Gasteiger partial charge in [0.25, 0.3) is 0 Å². The number of hydrogen-bond acceptors (Lipinski definition) is 3. The van der Waals surface area contributed by atoms with E-state index in [4.69, 9.17) is 5.73 Å². The first-order valence-electron chi connectivity index (χ1n) is 4.48. The van der Waals surface area contributed by atoms with Crippen LogP contribution in [0.1, 0.15) is 0 Å². The summed E-state index contributed by atoms with van der Waals surface area (Å²) in [5, 5.41) is 3.01. The lowest BCUT2D eigenvalue weighted by Gasteiger charge is -2.08. The second-order valence-electron chi connectivity index (χ2n) is 3.06. The van der Waals surface area contributed by atoms with E-state index in [1.54, 1.807) is 36.7 Å². The highest BCUT2D eigenvalue weighted by molar-refractivity contribution is 5.72. The molecule has 0 spiro atoms. The summed E-state index contributed by atoms with van der Waals surface area (Å²) in [7, 11) is 0. The Morgan fingerprint density at radius 3 is 2.60 bits per heavy atom. The molecule has 76 valence electrons. The van der Waals surface area contributed by atoms with E-state index in [9.17, 15) is 4.39 Å². The number of nitrogen functional groups attached to an aromatic ring is 1. The summed E-state index contributed by atoms with van der Waals surface area (Å²) in [6.45, 7) is 0. The molecule has 2 rings (SSSR count). The quantitative estimate of drug-likeness (QED) is 0.737. The van der Waals surface area contributed by atoms with E-state index < -0.39 is 5.82 Å². The zero-order chi connectivity index (χ0) is 10.7.